The van der Waals surface area contributed by atoms with E-state index in [4.69, 9.17) is 0 Å². The van der Waals surface area contributed by atoms with Crippen molar-refractivity contribution in [2.75, 3.05) is 0 Å². The Hall–Kier alpha value is -1.15. The van der Waals surface area contributed by atoms with Crippen LogP contribution in [0.25, 0.3) is 10.8 Å². The summed E-state index contributed by atoms with van der Waals surface area (Å²) in [6.45, 7) is 10.9. The molecule has 0 spiro atoms. The largest absolute Gasteiger partial charge is 0.294 e. The number of rotatable bonds is 1. The number of benzene rings is 2. The van der Waals surface area contributed by atoms with Crippen LogP contribution in [0.2, 0.25) is 0 Å². The van der Waals surface area contributed by atoms with Crippen LogP contribution >= 0.6 is 15.9 Å². The second-order valence-electron chi connectivity index (χ2n) is 7.90. The second kappa shape index (κ2) is 4.92. The molecule has 0 bridgehead atoms. The van der Waals surface area contributed by atoms with Crippen molar-refractivity contribution in [3.63, 3.8) is 0 Å². The Balaban J connectivity index is 2.42. The van der Waals surface area contributed by atoms with E-state index in [1.54, 1.807) is 6.92 Å². The molecule has 0 unspecified atom stereocenters. The van der Waals surface area contributed by atoms with Crippen molar-refractivity contribution in [2.24, 2.45) is 0 Å². The van der Waals surface area contributed by atoms with Crippen LogP contribution in [0.5, 0.6) is 0 Å². The Morgan fingerprint density at radius 3 is 2.05 bits per heavy atom. The van der Waals surface area contributed by atoms with Crippen molar-refractivity contribution < 1.29 is 4.79 Å². The molecule has 0 amide bonds. The highest BCUT2D eigenvalue weighted by molar-refractivity contribution is 9.10. The zero-order valence-corrected chi connectivity index (χ0v) is 15.6. The first-order valence-electron chi connectivity index (χ1n) is 7.91. The standard InChI is InChI=1S/C20H23BrO/c1-12(22)15-10-14(21)8-13-9-17-18(11-16(13)15)20(4,5)7-6-19(17,2)3/h8-11H,6-7H2,1-5H3. The number of fused-ring (bicyclic) bond motifs is 2. The minimum Gasteiger partial charge on any atom is -0.294 e. The minimum atomic E-state index is 0.124. The summed E-state index contributed by atoms with van der Waals surface area (Å²) in [5, 5.41) is 2.24. The molecule has 1 nitrogen and oxygen atoms in total. The Labute approximate surface area is 141 Å². The predicted octanol–water partition coefficient (Wildman–Crippen LogP) is 6.15. The van der Waals surface area contributed by atoms with Gasteiger partial charge in [0.25, 0.3) is 0 Å². The van der Waals surface area contributed by atoms with Crippen LogP contribution in [-0.2, 0) is 10.8 Å². The monoisotopic (exact) mass is 358 g/mol. The number of carbonyl (C=O) groups is 1. The van der Waals surface area contributed by atoms with Crippen molar-refractivity contribution in [1.29, 1.82) is 0 Å². The fourth-order valence-electron chi connectivity index (χ4n) is 3.68. The number of halogens is 1. The van der Waals surface area contributed by atoms with E-state index in [9.17, 15) is 4.79 Å². The number of Topliss-reactive ketones (excluding diaryl/α,β-unsaturated/α-hetero) is 1. The molecule has 0 radical (unpaired) electrons. The molecule has 116 valence electrons. The van der Waals surface area contributed by atoms with Crippen molar-refractivity contribution in [3.8, 4) is 0 Å². The van der Waals surface area contributed by atoms with Gasteiger partial charge in [-0.2, -0.15) is 0 Å². The average molecular weight is 359 g/mol. The molecule has 1 aliphatic carbocycles. The van der Waals surface area contributed by atoms with E-state index < -0.39 is 0 Å². The summed E-state index contributed by atoms with van der Waals surface area (Å²) in [7, 11) is 0. The van der Waals surface area contributed by atoms with Crippen LogP contribution in [0.15, 0.2) is 28.7 Å². The van der Waals surface area contributed by atoms with Gasteiger partial charge in [0.2, 0.25) is 0 Å². The van der Waals surface area contributed by atoms with Crippen LogP contribution in [-0.4, -0.2) is 5.78 Å². The van der Waals surface area contributed by atoms with Gasteiger partial charge in [0.15, 0.2) is 5.78 Å². The highest BCUT2D eigenvalue weighted by Gasteiger charge is 2.37. The summed E-state index contributed by atoms with van der Waals surface area (Å²) in [4.78, 5) is 12.0. The Morgan fingerprint density at radius 2 is 1.50 bits per heavy atom. The molecule has 0 fully saturated rings. The molecule has 2 aromatic rings. The maximum atomic E-state index is 12.0. The van der Waals surface area contributed by atoms with Crippen LogP contribution in [0.1, 0.15) is 68.9 Å². The molecule has 1 aliphatic rings. The highest BCUT2D eigenvalue weighted by Crippen LogP contribution is 2.47. The molecular formula is C20H23BrO. The van der Waals surface area contributed by atoms with Gasteiger partial charge in [-0.15, -0.1) is 0 Å². The summed E-state index contributed by atoms with van der Waals surface area (Å²) < 4.78 is 0.970. The van der Waals surface area contributed by atoms with Gasteiger partial charge >= 0.3 is 0 Å². The molecule has 22 heavy (non-hydrogen) atoms. The smallest absolute Gasteiger partial charge is 0.160 e. The quantitative estimate of drug-likeness (QED) is 0.558. The van der Waals surface area contributed by atoms with Gasteiger partial charge in [-0.05, 0) is 70.7 Å². The summed E-state index contributed by atoms with van der Waals surface area (Å²) in [6, 6.07) is 8.65. The molecule has 0 saturated heterocycles. The lowest BCUT2D eigenvalue weighted by molar-refractivity contribution is 0.101. The zero-order chi connectivity index (χ0) is 16.3. The third-order valence-corrected chi connectivity index (χ3v) is 5.73. The van der Waals surface area contributed by atoms with Gasteiger partial charge < -0.3 is 0 Å². The van der Waals surface area contributed by atoms with E-state index in [2.05, 4.69) is 61.8 Å². The van der Waals surface area contributed by atoms with Gasteiger partial charge in [0.05, 0.1) is 0 Å². The number of hydrogen-bond donors (Lipinski definition) is 0. The van der Waals surface area contributed by atoms with Gasteiger partial charge in [-0.3, -0.25) is 4.79 Å². The number of ketones is 1. The Bertz CT molecular complexity index is 784. The summed E-state index contributed by atoms with van der Waals surface area (Å²) in [5.41, 5.74) is 4.01. The van der Waals surface area contributed by atoms with E-state index in [0.717, 1.165) is 20.8 Å². The van der Waals surface area contributed by atoms with E-state index in [-0.39, 0.29) is 16.6 Å². The molecule has 0 N–H and O–H groups in total. The van der Waals surface area contributed by atoms with Crippen molar-refractivity contribution >= 4 is 32.5 Å². The third kappa shape index (κ3) is 2.42. The number of hydrogen-bond acceptors (Lipinski definition) is 1. The first-order valence-corrected chi connectivity index (χ1v) is 8.70. The van der Waals surface area contributed by atoms with E-state index in [0.29, 0.717) is 0 Å². The molecule has 0 aromatic heterocycles. The fraction of sp³-hybridized carbons (Fsp3) is 0.450. The minimum absolute atomic E-state index is 0.124. The maximum absolute atomic E-state index is 12.0. The summed E-state index contributed by atoms with van der Waals surface area (Å²) >= 11 is 3.55. The molecular weight excluding hydrogens is 336 g/mol. The third-order valence-electron chi connectivity index (χ3n) is 5.27. The van der Waals surface area contributed by atoms with E-state index in [1.807, 2.05) is 6.07 Å². The van der Waals surface area contributed by atoms with Crippen molar-refractivity contribution in [1.82, 2.24) is 0 Å². The predicted molar refractivity (Wildman–Crippen MR) is 96.9 cm³/mol. The summed E-state index contributed by atoms with van der Waals surface area (Å²) in [5.74, 6) is 0.124. The maximum Gasteiger partial charge on any atom is 0.160 e. The topological polar surface area (TPSA) is 17.1 Å². The fourth-order valence-corrected chi connectivity index (χ4v) is 4.16. The molecule has 2 heteroatoms. The highest BCUT2D eigenvalue weighted by atomic mass is 79.9. The zero-order valence-electron chi connectivity index (χ0n) is 14.0. The lowest BCUT2D eigenvalue weighted by atomic mass is 9.62. The first-order chi connectivity index (χ1) is 10.1. The first kappa shape index (κ1) is 15.7. The van der Waals surface area contributed by atoms with Gasteiger partial charge in [-0.25, -0.2) is 0 Å². The molecule has 3 rings (SSSR count). The van der Waals surface area contributed by atoms with E-state index in [1.165, 1.54) is 24.0 Å². The SMILES string of the molecule is CC(=O)c1cc(Br)cc2cc3c(cc12)C(C)(C)CCC3(C)C. The van der Waals surface area contributed by atoms with Crippen LogP contribution < -0.4 is 0 Å². The Morgan fingerprint density at radius 1 is 0.955 bits per heavy atom. The van der Waals surface area contributed by atoms with Crippen LogP contribution in [0.3, 0.4) is 0 Å². The molecule has 0 atom stereocenters. The van der Waals surface area contributed by atoms with E-state index >= 15 is 0 Å². The van der Waals surface area contributed by atoms with Gasteiger partial charge in [0.1, 0.15) is 0 Å². The van der Waals surface area contributed by atoms with Crippen LogP contribution in [0, 0.1) is 0 Å². The summed E-state index contributed by atoms with van der Waals surface area (Å²) in [6.07, 6.45) is 2.39. The molecule has 0 heterocycles. The van der Waals surface area contributed by atoms with Gasteiger partial charge in [-0.1, -0.05) is 49.7 Å². The van der Waals surface area contributed by atoms with Crippen LogP contribution in [0.4, 0.5) is 0 Å². The molecule has 0 saturated carbocycles. The lowest BCUT2D eigenvalue weighted by Crippen LogP contribution is -2.33. The lowest BCUT2D eigenvalue weighted by Gasteiger charge is -2.42. The van der Waals surface area contributed by atoms with Gasteiger partial charge in [0, 0.05) is 10.0 Å². The molecule has 2 aromatic carbocycles. The molecule has 0 aliphatic heterocycles. The Kier molecular flexibility index (Phi) is 3.52. The van der Waals surface area contributed by atoms with Crippen molar-refractivity contribution in [2.45, 2.75) is 58.3 Å². The average Bonchev–Trinajstić information content (AvgIpc) is 2.41. The normalized spacial score (nSPS) is 19.0. The number of carbonyl (C=O) groups excluding carboxylic acids is 1. The second-order valence-corrected chi connectivity index (χ2v) is 8.81. The van der Waals surface area contributed by atoms with Crippen molar-refractivity contribution in [3.05, 3.63) is 45.4 Å².